The smallest absolute Gasteiger partial charge is 0.315 e. The monoisotopic (exact) mass is 400 g/mol. The molecule has 0 radical (unpaired) electrons. The molecule has 2 aliphatic rings. The topological polar surface area (TPSA) is 75.3 Å². The Kier molecular flexibility index (Phi) is 4.96. The van der Waals surface area contributed by atoms with Gasteiger partial charge < -0.3 is 10.6 Å². The fourth-order valence-electron chi connectivity index (χ4n) is 3.19. The number of amides is 2. The highest BCUT2D eigenvalue weighted by Gasteiger charge is 2.32. The number of hydrogen-bond donors (Lipinski definition) is 2. The van der Waals surface area contributed by atoms with Gasteiger partial charge in [0.15, 0.2) is 9.84 Å². The van der Waals surface area contributed by atoms with Crippen LogP contribution in [0, 0.1) is 5.92 Å². The maximum atomic E-state index is 12.3. The predicted octanol–water partition coefficient (Wildman–Crippen LogP) is 2.78. The summed E-state index contributed by atoms with van der Waals surface area (Å²) in [4.78, 5) is 12.3. The summed E-state index contributed by atoms with van der Waals surface area (Å²) in [6, 6.07) is 7.43. The molecule has 2 N–H and O–H groups in total. The van der Waals surface area contributed by atoms with E-state index in [0.717, 1.165) is 22.9 Å². The van der Waals surface area contributed by atoms with Crippen LogP contribution in [0.1, 0.15) is 37.3 Å². The van der Waals surface area contributed by atoms with Crippen molar-refractivity contribution in [2.24, 2.45) is 5.92 Å². The lowest BCUT2D eigenvalue weighted by molar-refractivity contribution is 0.206. The molecule has 0 aromatic heterocycles. The molecule has 2 amide bonds. The molecule has 1 aliphatic heterocycles. The third-order valence-corrected chi connectivity index (χ3v) is 7.00. The molecule has 1 saturated heterocycles. The first-order valence-corrected chi connectivity index (χ1v) is 10.6. The Labute approximate surface area is 145 Å². The van der Waals surface area contributed by atoms with Crippen LogP contribution in [0.2, 0.25) is 0 Å². The summed E-state index contributed by atoms with van der Waals surface area (Å²) in [5.41, 5.74) is 1.09. The van der Waals surface area contributed by atoms with Crippen LogP contribution in [-0.4, -0.2) is 32.0 Å². The molecule has 2 atom stereocenters. The number of nitrogens with one attached hydrogen (secondary N) is 2. The van der Waals surface area contributed by atoms with Crippen LogP contribution in [0.25, 0.3) is 0 Å². The number of benzene rings is 1. The molecule has 1 aromatic carbocycles. The van der Waals surface area contributed by atoms with Gasteiger partial charge in [-0.05, 0) is 42.9 Å². The van der Waals surface area contributed by atoms with E-state index >= 15 is 0 Å². The minimum atomic E-state index is -2.98. The molecule has 0 unspecified atom stereocenters. The van der Waals surface area contributed by atoms with Gasteiger partial charge >= 0.3 is 6.03 Å². The van der Waals surface area contributed by atoms with E-state index in [0.29, 0.717) is 12.3 Å². The van der Waals surface area contributed by atoms with Gasteiger partial charge in [-0.2, -0.15) is 0 Å². The lowest BCUT2D eigenvalue weighted by Gasteiger charge is -2.35. The molecule has 23 heavy (non-hydrogen) atoms. The summed E-state index contributed by atoms with van der Waals surface area (Å²) < 4.78 is 24.0. The van der Waals surface area contributed by atoms with Gasteiger partial charge in [0.2, 0.25) is 0 Å². The summed E-state index contributed by atoms with van der Waals surface area (Å²) in [6.07, 6.45) is 3.92. The fraction of sp³-hybridized carbons (Fsp3) is 0.562. The molecule has 1 aliphatic carbocycles. The third kappa shape index (κ3) is 4.26. The van der Waals surface area contributed by atoms with Gasteiger partial charge in [0.05, 0.1) is 17.5 Å². The molecule has 1 heterocycles. The molecule has 3 rings (SSSR count). The van der Waals surface area contributed by atoms with E-state index in [4.69, 9.17) is 0 Å². The second-order valence-corrected chi connectivity index (χ2v) is 9.58. The van der Waals surface area contributed by atoms with E-state index in [9.17, 15) is 13.2 Å². The Hall–Kier alpha value is -1.08. The first-order valence-electron chi connectivity index (χ1n) is 7.96. The maximum Gasteiger partial charge on any atom is 0.315 e. The number of carbonyl (C=O) groups excluding carboxylic acids is 1. The number of carbonyl (C=O) groups is 1. The number of urea groups is 1. The van der Waals surface area contributed by atoms with Crippen LogP contribution >= 0.6 is 15.9 Å². The van der Waals surface area contributed by atoms with Crippen molar-refractivity contribution in [3.05, 3.63) is 34.3 Å². The largest absolute Gasteiger partial charge is 0.334 e. The minimum absolute atomic E-state index is 0.0186. The standard InChI is InChI=1S/C16H21BrN2O3S/c17-13-6-4-12(5-7-13)15(11-2-1-3-11)19-16(20)18-14-8-9-23(21,22)10-14/h4-7,11,14-15H,1-3,8-10H2,(H2,18,19,20)/t14-,15-/m1/s1. The number of halogens is 1. The van der Waals surface area contributed by atoms with E-state index in [2.05, 4.69) is 26.6 Å². The Balaban J connectivity index is 1.64. The van der Waals surface area contributed by atoms with E-state index in [1.807, 2.05) is 24.3 Å². The predicted molar refractivity (Wildman–Crippen MR) is 93.0 cm³/mol. The van der Waals surface area contributed by atoms with Crippen LogP contribution in [0.3, 0.4) is 0 Å². The summed E-state index contributed by atoms with van der Waals surface area (Å²) in [7, 11) is -2.98. The molecule has 0 spiro atoms. The average Bonchev–Trinajstić information content (AvgIpc) is 2.76. The SMILES string of the molecule is O=C(N[C@@H]1CCS(=O)(=O)C1)N[C@@H](c1ccc(Br)cc1)C1CCC1. The van der Waals surface area contributed by atoms with E-state index in [1.54, 1.807) is 0 Å². The molecule has 0 bridgehead atoms. The molecule has 1 saturated carbocycles. The zero-order valence-electron chi connectivity index (χ0n) is 12.8. The zero-order chi connectivity index (χ0) is 16.4. The Morgan fingerprint density at radius 2 is 1.87 bits per heavy atom. The van der Waals surface area contributed by atoms with E-state index < -0.39 is 9.84 Å². The highest BCUT2D eigenvalue weighted by Crippen LogP contribution is 2.38. The van der Waals surface area contributed by atoms with Crippen molar-refractivity contribution in [2.45, 2.75) is 37.8 Å². The Morgan fingerprint density at radius 1 is 1.17 bits per heavy atom. The van der Waals surface area contributed by atoms with Crippen LogP contribution in [-0.2, 0) is 9.84 Å². The quantitative estimate of drug-likeness (QED) is 0.815. The zero-order valence-corrected chi connectivity index (χ0v) is 15.2. The first-order chi connectivity index (χ1) is 10.9. The van der Waals surface area contributed by atoms with Crippen LogP contribution in [0.5, 0.6) is 0 Å². The van der Waals surface area contributed by atoms with Gasteiger partial charge in [-0.3, -0.25) is 0 Å². The molecular formula is C16H21BrN2O3S. The van der Waals surface area contributed by atoms with Crippen molar-refractivity contribution < 1.29 is 13.2 Å². The van der Waals surface area contributed by atoms with Gasteiger partial charge in [0, 0.05) is 10.5 Å². The normalized spacial score (nSPS) is 24.7. The van der Waals surface area contributed by atoms with E-state index in [-0.39, 0.29) is 29.6 Å². The first kappa shape index (κ1) is 16.8. The summed E-state index contributed by atoms with van der Waals surface area (Å²) in [5.74, 6) is 0.665. The number of rotatable bonds is 4. The average molecular weight is 401 g/mol. The summed E-state index contributed by atoms with van der Waals surface area (Å²) in [6.45, 7) is 0. The Morgan fingerprint density at radius 3 is 2.39 bits per heavy atom. The van der Waals surface area contributed by atoms with Gasteiger partial charge in [-0.15, -0.1) is 0 Å². The van der Waals surface area contributed by atoms with Gasteiger partial charge in [0.1, 0.15) is 0 Å². The lowest BCUT2D eigenvalue weighted by Crippen LogP contribution is -2.46. The van der Waals surface area contributed by atoms with Crippen molar-refractivity contribution in [3.63, 3.8) is 0 Å². The lowest BCUT2D eigenvalue weighted by atomic mass is 9.77. The van der Waals surface area contributed by atoms with Crippen molar-refractivity contribution in [3.8, 4) is 0 Å². The third-order valence-electron chi connectivity index (χ3n) is 4.70. The molecule has 1 aromatic rings. The molecular weight excluding hydrogens is 380 g/mol. The van der Waals surface area contributed by atoms with Gasteiger partial charge in [-0.25, -0.2) is 13.2 Å². The van der Waals surface area contributed by atoms with E-state index in [1.165, 1.54) is 6.42 Å². The van der Waals surface area contributed by atoms with Crippen molar-refractivity contribution in [2.75, 3.05) is 11.5 Å². The summed E-state index contributed by atoms with van der Waals surface area (Å²) >= 11 is 3.43. The summed E-state index contributed by atoms with van der Waals surface area (Å²) in [5, 5.41) is 5.86. The number of sulfone groups is 1. The van der Waals surface area contributed by atoms with Gasteiger partial charge in [-0.1, -0.05) is 34.5 Å². The van der Waals surface area contributed by atoms with Crippen molar-refractivity contribution >= 4 is 31.8 Å². The maximum absolute atomic E-state index is 12.3. The van der Waals surface area contributed by atoms with Crippen molar-refractivity contribution in [1.82, 2.24) is 10.6 Å². The second kappa shape index (κ2) is 6.81. The highest BCUT2D eigenvalue weighted by molar-refractivity contribution is 9.10. The van der Waals surface area contributed by atoms with Crippen LogP contribution in [0.4, 0.5) is 4.79 Å². The minimum Gasteiger partial charge on any atom is -0.334 e. The van der Waals surface area contributed by atoms with Crippen LogP contribution in [0.15, 0.2) is 28.7 Å². The Bertz CT molecular complexity index is 671. The molecule has 5 nitrogen and oxygen atoms in total. The highest BCUT2D eigenvalue weighted by atomic mass is 79.9. The van der Waals surface area contributed by atoms with Gasteiger partial charge in [0.25, 0.3) is 0 Å². The van der Waals surface area contributed by atoms with Crippen molar-refractivity contribution in [1.29, 1.82) is 0 Å². The molecule has 126 valence electrons. The molecule has 2 fully saturated rings. The van der Waals surface area contributed by atoms with Crippen LogP contribution < -0.4 is 10.6 Å². The number of hydrogen-bond acceptors (Lipinski definition) is 3. The second-order valence-electron chi connectivity index (χ2n) is 6.44. The fourth-order valence-corrected chi connectivity index (χ4v) is 5.13. The molecule has 7 heteroatoms.